The average molecular weight is 210 g/mol. The van der Waals surface area contributed by atoms with Crippen molar-refractivity contribution in [3.05, 3.63) is 17.7 Å². The van der Waals surface area contributed by atoms with Crippen LogP contribution in [0.1, 0.15) is 30.1 Å². The van der Waals surface area contributed by atoms with Gasteiger partial charge in [0, 0.05) is 6.42 Å². The fourth-order valence-corrected chi connectivity index (χ4v) is 1.31. The summed E-state index contributed by atoms with van der Waals surface area (Å²) in [6.07, 6.45) is 1.05. The molecule has 4 heteroatoms. The first-order valence-corrected chi connectivity index (χ1v) is 4.74. The van der Waals surface area contributed by atoms with Gasteiger partial charge in [-0.05, 0) is 18.6 Å². The molecule has 82 valence electrons. The highest BCUT2D eigenvalue weighted by Crippen LogP contribution is 2.38. The molecule has 2 N–H and O–H groups in total. The van der Waals surface area contributed by atoms with Crippen molar-refractivity contribution in [2.75, 3.05) is 7.11 Å². The van der Waals surface area contributed by atoms with E-state index in [4.69, 9.17) is 4.74 Å². The van der Waals surface area contributed by atoms with Crippen LogP contribution in [0, 0.1) is 0 Å². The highest BCUT2D eigenvalue weighted by atomic mass is 16.5. The molecular weight excluding hydrogens is 196 g/mol. The average Bonchev–Trinajstić information content (AvgIpc) is 2.22. The number of phenols is 2. The predicted molar refractivity (Wildman–Crippen MR) is 55.6 cm³/mol. The summed E-state index contributed by atoms with van der Waals surface area (Å²) in [5, 5.41) is 19.0. The molecule has 0 aliphatic carbocycles. The van der Waals surface area contributed by atoms with Crippen LogP contribution in [-0.2, 0) is 0 Å². The summed E-state index contributed by atoms with van der Waals surface area (Å²) in [4.78, 5) is 11.5. The molecule has 0 aliphatic heterocycles. The van der Waals surface area contributed by atoms with Crippen LogP contribution in [-0.4, -0.2) is 23.1 Å². The summed E-state index contributed by atoms with van der Waals surface area (Å²) in [7, 11) is 1.38. The molecule has 0 spiro atoms. The van der Waals surface area contributed by atoms with Gasteiger partial charge in [0.1, 0.15) is 0 Å². The number of phenolic OH excluding ortho intramolecular Hbond substituents is 2. The van der Waals surface area contributed by atoms with Crippen LogP contribution in [0.5, 0.6) is 17.2 Å². The monoisotopic (exact) mass is 210 g/mol. The number of carbonyl (C=O) groups is 1. The van der Waals surface area contributed by atoms with Gasteiger partial charge in [-0.1, -0.05) is 6.92 Å². The first-order chi connectivity index (χ1) is 7.11. The van der Waals surface area contributed by atoms with E-state index in [1.54, 1.807) is 0 Å². The van der Waals surface area contributed by atoms with E-state index in [0.29, 0.717) is 12.8 Å². The minimum Gasteiger partial charge on any atom is -0.504 e. The molecule has 1 rings (SSSR count). The van der Waals surface area contributed by atoms with Crippen molar-refractivity contribution in [3.63, 3.8) is 0 Å². The summed E-state index contributed by atoms with van der Waals surface area (Å²) in [6, 6.07) is 2.91. The van der Waals surface area contributed by atoms with Crippen LogP contribution < -0.4 is 4.74 Å². The van der Waals surface area contributed by atoms with E-state index in [2.05, 4.69) is 0 Å². The molecule has 4 nitrogen and oxygen atoms in total. The van der Waals surface area contributed by atoms with Gasteiger partial charge < -0.3 is 14.9 Å². The lowest BCUT2D eigenvalue weighted by Crippen LogP contribution is -1.99. The number of Topliss-reactive ketones (excluding diaryl/α,β-unsaturated/α-hetero) is 1. The Morgan fingerprint density at radius 3 is 2.53 bits per heavy atom. The van der Waals surface area contributed by atoms with Crippen molar-refractivity contribution in [1.29, 1.82) is 0 Å². The van der Waals surface area contributed by atoms with Crippen molar-refractivity contribution in [2.24, 2.45) is 0 Å². The fourth-order valence-electron chi connectivity index (χ4n) is 1.31. The Hall–Kier alpha value is -1.71. The Bertz CT molecular complexity index is 371. The van der Waals surface area contributed by atoms with Gasteiger partial charge in [0.2, 0.25) is 5.75 Å². The second kappa shape index (κ2) is 4.68. The molecule has 15 heavy (non-hydrogen) atoms. The molecule has 0 unspecified atom stereocenters. The number of ketones is 1. The normalized spacial score (nSPS) is 10.0. The van der Waals surface area contributed by atoms with E-state index in [9.17, 15) is 15.0 Å². The lowest BCUT2D eigenvalue weighted by Gasteiger charge is -2.08. The number of methoxy groups -OCH3 is 1. The maximum atomic E-state index is 11.5. The zero-order chi connectivity index (χ0) is 11.4. The maximum absolute atomic E-state index is 11.5. The zero-order valence-electron chi connectivity index (χ0n) is 8.78. The highest BCUT2D eigenvalue weighted by Gasteiger charge is 2.16. The number of ether oxygens (including phenoxy) is 1. The molecule has 1 aromatic rings. The molecule has 0 bridgehead atoms. The molecule has 0 saturated carbocycles. The van der Waals surface area contributed by atoms with E-state index in [-0.39, 0.29) is 22.8 Å². The molecular formula is C11H14O4. The van der Waals surface area contributed by atoms with Crippen LogP contribution in [0.15, 0.2) is 12.1 Å². The van der Waals surface area contributed by atoms with Crippen LogP contribution in [0.25, 0.3) is 0 Å². The van der Waals surface area contributed by atoms with Gasteiger partial charge in [-0.2, -0.15) is 0 Å². The molecule has 0 fully saturated rings. The summed E-state index contributed by atoms with van der Waals surface area (Å²) >= 11 is 0. The molecule has 1 aromatic carbocycles. The van der Waals surface area contributed by atoms with Gasteiger partial charge in [-0.15, -0.1) is 0 Å². The Labute approximate surface area is 88.1 Å². The van der Waals surface area contributed by atoms with Gasteiger partial charge in [-0.3, -0.25) is 4.79 Å². The van der Waals surface area contributed by atoms with Gasteiger partial charge in [0.25, 0.3) is 0 Å². The third-order valence-corrected chi connectivity index (χ3v) is 2.11. The van der Waals surface area contributed by atoms with E-state index < -0.39 is 5.75 Å². The summed E-state index contributed by atoms with van der Waals surface area (Å²) in [6.45, 7) is 1.87. The number of aromatic hydroxyl groups is 2. The summed E-state index contributed by atoms with van der Waals surface area (Å²) < 4.78 is 4.80. The highest BCUT2D eigenvalue weighted by molar-refractivity contribution is 5.99. The standard InChI is InChI=1S/C11H14O4/c1-3-4-8(12)7-5-6-9(15-2)11(14)10(7)13/h5-6,13-14H,3-4H2,1-2H3. The van der Waals surface area contributed by atoms with Gasteiger partial charge in [0.15, 0.2) is 17.3 Å². The number of hydrogen-bond donors (Lipinski definition) is 2. The van der Waals surface area contributed by atoms with Gasteiger partial charge >= 0.3 is 0 Å². The topological polar surface area (TPSA) is 66.8 Å². The molecule has 0 saturated heterocycles. The molecule has 0 heterocycles. The number of hydrogen-bond acceptors (Lipinski definition) is 4. The van der Waals surface area contributed by atoms with Crippen LogP contribution in [0.2, 0.25) is 0 Å². The zero-order valence-corrected chi connectivity index (χ0v) is 8.78. The van der Waals surface area contributed by atoms with Crippen molar-refractivity contribution < 1.29 is 19.7 Å². The fraction of sp³-hybridized carbons (Fsp3) is 0.364. The smallest absolute Gasteiger partial charge is 0.201 e. The van der Waals surface area contributed by atoms with Crippen LogP contribution in [0.3, 0.4) is 0 Å². The van der Waals surface area contributed by atoms with E-state index >= 15 is 0 Å². The molecule has 0 atom stereocenters. The van der Waals surface area contributed by atoms with Crippen LogP contribution in [0.4, 0.5) is 0 Å². The molecule has 0 amide bonds. The summed E-state index contributed by atoms with van der Waals surface area (Å²) in [5.41, 5.74) is 0.134. The number of benzene rings is 1. The lowest BCUT2D eigenvalue weighted by molar-refractivity contribution is 0.0978. The first-order valence-electron chi connectivity index (χ1n) is 4.74. The minimum absolute atomic E-state index is 0.134. The largest absolute Gasteiger partial charge is 0.504 e. The molecule has 0 aliphatic rings. The summed E-state index contributed by atoms with van der Waals surface area (Å²) in [5.74, 6) is -0.833. The third kappa shape index (κ3) is 2.21. The second-order valence-electron chi connectivity index (χ2n) is 3.19. The van der Waals surface area contributed by atoms with Crippen molar-refractivity contribution in [3.8, 4) is 17.2 Å². The van der Waals surface area contributed by atoms with Gasteiger partial charge in [-0.25, -0.2) is 0 Å². The first kappa shape index (κ1) is 11.4. The lowest BCUT2D eigenvalue weighted by atomic mass is 10.1. The van der Waals surface area contributed by atoms with Gasteiger partial charge in [0.05, 0.1) is 12.7 Å². The predicted octanol–water partition coefficient (Wildman–Crippen LogP) is 2.09. The molecule has 0 radical (unpaired) electrons. The third-order valence-electron chi connectivity index (χ3n) is 2.11. The Morgan fingerprint density at radius 1 is 1.33 bits per heavy atom. The number of rotatable bonds is 4. The Balaban J connectivity index is 3.11. The van der Waals surface area contributed by atoms with Crippen molar-refractivity contribution in [1.82, 2.24) is 0 Å². The van der Waals surface area contributed by atoms with E-state index in [1.165, 1.54) is 19.2 Å². The molecule has 0 aromatic heterocycles. The maximum Gasteiger partial charge on any atom is 0.201 e. The second-order valence-corrected chi connectivity index (χ2v) is 3.19. The van der Waals surface area contributed by atoms with E-state index in [1.807, 2.05) is 6.92 Å². The Kier molecular flexibility index (Phi) is 3.55. The SMILES string of the molecule is CCCC(=O)c1ccc(OC)c(O)c1O. The van der Waals surface area contributed by atoms with Crippen LogP contribution >= 0.6 is 0 Å². The number of carbonyl (C=O) groups excluding carboxylic acids is 1. The van der Waals surface area contributed by atoms with Crippen molar-refractivity contribution >= 4 is 5.78 Å². The minimum atomic E-state index is -0.409. The van der Waals surface area contributed by atoms with Crippen molar-refractivity contribution in [2.45, 2.75) is 19.8 Å². The Morgan fingerprint density at radius 2 is 2.00 bits per heavy atom. The quantitative estimate of drug-likeness (QED) is 0.589. The van der Waals surface area contributed by atoms with E-state index in [0.717, 1.165) is 0 Å².